The number of nitrogens with zero attached hydrogens (tertiary/aromatic N) is 4. The summed E-state index contributed by atoms with van der Waals surface area (Å²) in [5.74, 6) is -3.66. The highest BCUT2D eigenvalue weighted by Gasteiger charge is 2.22. The van der Waals surface area contributed by atoms with E-state index in [1.54, 1.807) is 31.4 Å². The smallest absolute Gasteiger partial charge is 0.335 e. The molecule has 0 unspecified atom stereocenters. The molecule has 1 aromatic heterocycles. The normalized spacial score (nSPS) is 11.7. The van der Waals surface area contributed by atoms with Crippen molar-refractivity contribution in [2.75, 3.05) is 50.8 Å². The Bertz CT molecular complexity index is 1790. The fraction of sp³-hybridized carbons (Fsp3) is 0.242. The van der Waals surface area contributed by atoms with Crippen LogP contribution < -0.4 is 16.0 Å². The number of carboxylic acids is 1. The summed E-state index contributed by atoms with van der Waals surface area (Å²) >= 11 is 5.98. The molecule has 3 amide bonds. The second-order valence-electron chi connectivity index (χ2n) is 10.4. The van der Waals surface area contributed by atoms with Crippen LogP contribution in [0.2, 0.25) is 5.02 Å². The molecule has 0 aliphatic heterocycles. The van der Waals surface area contributed by atoms with Crippen molar-refractivity contribution >= 4 is 52.7 Å². The number of nitrogens with one attached hydrogen (secondary N) is 3. The SMILES string of the molecule is COCCOCCOCC(=O)Nc1ccc(C[C@H](NC(=O)/C=C/c2c(-n3cnnn3)ccc(Cl)c2F)C(=O)Nc2ccc(C(=O)O)cc2)cc1. The van der Waals surface area contributed by atoms with E-state index in [-0.39, 0.29) is 47.4 Å². The molecule has 0 bridgehead atoms. The van der Waals surface area contributed by atoms with Gasteiger partial charge in [-0.15, -0.1) is 5.10 Å². The molecule has 4 N–H and O–H groups in total. The van der Waals surface area contributed by atoms with E-state index in [1.165, 1.54) is 53.5 Å². The maximum absolute atomic E-state index is 15.0. The zero-order valence-electron chi connectivity index (χ0n) is 26.7. The Morgan fingerprint density at radius 1 is 0.940 bits per heavy atom. The monoisotopic (exact) mass is 709 g/mol. The summed E-state index contributed by atoms with van der Waals surface area (Å²) in [5, 5.41) is 27.8. The second kappa shape index (κ2) is 18.8. The number of hydrogen-bond donors (Lipinski definition) is 4. The molecule has 3 aromatic carbocycles. The van der Waals surface area contributed by atoms with Gasteiger partial charge in [0.15, 0.2) is 5.82 Å². The number of amides is 3. The molecule has 1 atom stereocenters. The predicted octanol–water partition coefficient (Wildman–Crippen LogP) is 3.15. The van der Waals surface area contributed by atoms with Crippen LogP contribution in [-0.4, -0.2) is 95.2 Å². The van der Waals surface area contributed by atoms with Gasteiger partial charge in [-0.3, -0.25) is 14.4 Å². The lowest BCUT2D eigenvalue weighted by atomic mass is 10.0. The van der Waals surface area contributed by atoms with Crippen LogP contribution in [0.5, 0.6) is 0 Å². The molecule has 0 spiro atoms. The van der Waals surface area contributed by atoms with Crippen LogP contribution in [0.3, 0.4) is 0 Å². The molecule has 0 saturated carbocycles. The molecule has 262 valence electrons. The Balaban J connectivity index is 1.44. The van der Waals surface area contributed by atoms with E-state index in [1.807, 2.05) is 0 Å². The van der Waals surface area contributed by atoms with Gasteiger partial charge in [-0.25, -0.2) is 9.18 Å². The highest BCUT2D eigenvalue weighted by molar-refractivity contribution is 6.31. The van der Waals surface area contributed by atoms with Crippen molar-refractivity contribution in [1.82, 2.24) is 25.5 Å². The van der Waals surface area contributed by atoms with Crippen molar-refractivity contribution in [3.05, 3.63) is 101 Å². The molecule has 0 saturated heterocycles. The van der Waals surface area contributed by atoms with Crippen molar-refractivity contribution in [3.8, 4) is 5.69 Å². The predicted molar refractivity (Wildman–Crippen MR) is 179 cm³/mol. The number of carbonyl (C=O) groups is 4. The lowest BCUT2D eigenvalue weighted by Gasteiger charge is -2.18. The molecule has 4 aromatic rings. The molecule has 0 fully saturated rings. The van der Waals surface area contributed by atoms with Gasteiger partial charge in [0.25, 0.3) is 0 Å². The van der Waals surface area contributed by atoms with Crippen LogP contribution in [0.4, 0.5) is 15.8 Å². The van der Waals surface area contributed by atoms with Gasteiger partial charge in [0.1, 0.15) is 19.0 Å². The van der Waals surface area contributed by atoms with E-state index in [9.17, 15) is 24.3 Å². The van der Waals surface area contributed by atoms with E-state index < -0.39 is 29.6 Å². The fourth-order valence-corrected chi connectivity index (χ4v) is 4.55. The summed E-state index contributed by atoms with van der Waals surface area (Å²) in [6.07, 6.45) is 3.48. The number of carboxylic acid groups (broad SMARTS) is 1. The third-order valence-corrected chi connectivity index (χ3v) is 7.15. The van der Waals surface area contributed by atoms with Crippen molar-refractivity contribution in [3.63, 3.8) is 0 Å². The topological polar surface area (TPSA) is 196 Å². The highest BCUT2D eigenvalue weighted by atomic mass is 35.5. The van der Waals surface area contributed by atoms with Crippen LogP contribution in [0.15, 0.2) is 73.1 Å². The van der Waals surface area contributed by atoms with E-state index in [4.69, 9.17) is 25.8 Å². The number of aromatic nitrogens is 4. The number of aromatic carboxylic acids is 1. The number of hydrogen-bond acceptors (Lipinski definition) is 10. The quantitative estimate of drug-likeness (QED) is 0.0875. The van der Waals surface area contributed by atoms with Gasteiger partial charge in [-0.2, -0.15) is 4.68 Å². The Morgan fingerprint density at radius 3 is 2.30 bits per heavy atom. The van der Waals surface area contributed by atoms with Crippen LogP contribution in [0, 0.1) is 5.82 Å². The van der Waals surface area contributed by atoms with Gasteiger partial charge in [0.2, 0.25) is 17.7 Å². The summed E-state index contributed by atoms with van der Waals surface area (Å²) < 4.78 is 31.7. The van der Waals surface area contributed by atoms with E-state index in [2.05, 4.69) is 31.5 Å². The Kier molecular flexibility index (Phi) is 14.1. The van der Waals surface area contributed by atoms with Gasteiger partial charge >= 0.3 is 5.97 Å². The van der Waals surface area contributed by atoms with Crippen LogP contribution in [0.25, 0.3) is 11.8 Å². The van der Waals surface area contributed by atoms with Crippen LogP contribution >= 0.6 is 11.6 Å². The number of methoxy groups -OCH3 is 1. The van der Waals surface area contributed by atoms with Gasteiger partial charge in [-0.1, -0.05) is 23.7 Å². The average Bonchev–Trinajstić information content (AvgIpc) is 3.64. The first-order chi connectivity index (χ1) is 24.1. The number of rotatable bonds is 18. The largest absolute Gasteiger partial charge is 0.478 e. The molecule has 1 heterocycles. The summed E-state index contributed by atoms with van der Waals surface area (Å²) in [6, 6.07) is 13.7. The molecule has 50 heavy (non-hydrogen) atoms. The standard InChI is InChI=1S/C33H33ClFN7O8/c1-48-14-15-49-16-17-50-19-30(44)37-23-6-2-21(3-7-23)18-27(32(45)38-24-8-4-22(5-9-24)33(46)47)39-29(43)13-10-25-28(42-20-36-40-41-42)12-11-26(34)31(25)35/h2-13,20,27H,14-19H2,1H3,(H,37,44)(H,38,45)(H,39,43)(H,46,47)/b13-10+/t27-/m0/s1. The maximum Gasteiger partial charge on any atom is 0.335 e. The van der Waals surface area contributed by atoms with Gasteiger partial charge in [-0.05, 0) is 70.6 Å². The number of anilines is 2. The Hall–Kier alpha value is -5.55. The minimum atomic E-state index is -1.14. The lowest BCUT2D eigenvalue weighted by molar-refractivity contribution is -0.123. The zero-order valence-corrected chi connectivity index (χ0v) is 27.4. The second-order valence-corrected chi connectivity index (χ2v) is 10.8. The molecular weight excluding hydrogens is 677 g/mol. The number of carbonyl (C=O) groups excluding carboxylic acids is 3. The molecule has 0 aliphatic carbocycles. The molecule has 15 nitrogen and oxygen atoms in total. The van der Waals surface area contributed by atoms with E-state index in [0.717, 1.165) is 6.08 Å². The Morgan fingerprint density at radius 2 is 1.62 bits per heavy atom. The zero-order chi connectivity index (χ0) is 35.9. The van der Waals surface area contributed by atoms with Gasteiger partial charge in [0.05, 0.1) is 42.7 Å². The molecule has 0 radical (unpaired) electrons. The van der Waals surface area contributed by atoms with Crippen molar-refractivity contribution in [1.29, 1.82) is 0 Å². The summed E-state index contributed by atoms with van der Waals surface area (Å²) in [6.45, 7) is 1.26. The minimum Gasteiger partial charge on any atom is -0.478 e. The van der Waals surface area contributed by atoms with Crippen molar-refractivity contribution in [2.45, 2.75) is 12.5 Å². The number of benzene rings is 3. The molecule has 17 heteroatoms. The summed E-state index contributed by atoms with van der Waals surface area (Å²) in [7, 11) is 1.57. The summed E-state index contributed by atoms with van der Waals surface area (Å²) in [4.78, 5) is 50.0. The van der Waals surface area contributed by atoms with Crippen LogP contribution in [-0.2, 0) is 35.0 Å². The van der Waals surface area contributed by atoms with E-state index >= 15 is 4.39 Å². The third kappa shape index (κ3) is 11.3. The number of tetrazole rings is 1. The van der Waals surface area contributed by atoms with Gasteiger partial charge in [0, 0.05) is 36.5 Å². The highest BCUT2D eigenvalue weighted by Crippen LogP contribution is 2.25. The van der Waals surface area contributed by atoms with Crippen molar-refractivity contribution < 1.29 is 42.9 Å². The average molecular weight is 710 g/mol. The molecule has 0 aliphatic rings. The minimum absolute atomic E-state index is 0.0143. The molecular formula is C33H33ClFN7O8. The molecule has 4 rings (SSSR count). The van der Waals surface area contributed by atoms with Gasteiger partial charge < -0.3 is 35.3 Å². The first-order valence-corrected chi connectivity index (χ1v) is 15.4. The summed E-state index contributed by atoms with van der Waals surface area (Å²) in [5.41, 5.74) is 1.57. The first-order valence-electron chi connectivity index (χ1n) is 15.0. The number of halogens is 2. The van der Waals surface area contributed by atoms with E-state index in [0.29, 0.717) is 36.8 Å². The third-order valence-electron chi connectivity index (χ3n) is 6.85. The lowest BCUT2D eigenvalue weighted by Crippen LogP contribution is -2.44. The first kappa shape index (κ1) is 37.3. The Labute approximate surface area is 290 Å². The number of ether oxygens (including phenoxy) is 3. The van der Waals surface area contributed by atoms with Crippen molar-refractivity contribution in [2.24, 2.45) is 0 Å². The van der Waals surface area contributed by atoms with Crippen LogP contribution in [0.1, 0.15) is 21.5 Å². The fourth-order valence-electron chi connectivity index (χ4n) is 4.38. The maximum atomic E-state index is 15.0.